The molecule has 0 aromatic rings. The smallest absolute Gasteiger partial charge is 0 e. The van der Waals surface area contributed by atoms with E-state index in [2.05, 4.69) is 0 Å². The van der Waals surface area contributed by atoms with E-state index >= 15 is 0 Å². The van der Waals surface area contributed by atoms with Crippen LogP contribution < -0.4 is 0 Å². The molecule has 0 aliphatic heterocycles. The van der Waals surface area contributed by atoms with Gasteiger partial charge in [0.15, 0.2) is 0 Å². The van der Waals surface area contributed by atoms with Crippen LogP contribution in [0.3, 0.4) is 0 Å². The second-order valence-electron chi connectivity index (χ2n) is 0. The van der Waals surface area contributed by atoms with Gasteiger partial charge in [-0.3, -0.25) is 0 Å². The first-order valence-electron chi connectivity index (χ1n) is 0. The third kappa shape index (κ3) is -0.0400. The summed E-state index contributed by atoms with van der Waals surface area (Å²) in [7, 11) is 0. The van der Waals surface area contributed by atoms with Crippen LogP contribution in [0, 0.1) is 0 Å². The van der Waals surface area contributed by atoms with Gasteiger partial charge in [0.2, 0.25) is 0 Å². The van der Waals surface area contributed by atoms with Gasteiger partial charge >= 0.3 is 0 Å². The predicted molar refractivity (Wildman–Crippen MR) is 0 cm³/mol. The summed E-state index contributed by atoms with van der Waals surface area (Å²) < 4.78 is 0. The molecule has 0 heterocycles. The number of hydrogen-bond acceptors (Lipinski definition) is 0. The number of rotatable bonds is 0. The van der Waals surface area contributed by atoms with Crippen LogP contribution in [0.2, 0.25) is 0 Å². The molecule has 0 N–H and O–H groups in total. The summed E-state index contributed by atoms with van der Waals surface area (Å²) in [6, 6.07) is 0. The first-order chi connectivity index (χ1) is 0. The van der Waals surface area contributed by atoms with E-state index in [1.54, 1.807) is 0 Å². The van der Waals surface area contributed by atoms with Crippen LogP contribution in [0.1, 0.15) is 0 Å². The van der Waals surface area contributed by atoms with Crippen LogP contribution in [0.5, 0.6) is 0 Å². The van der Waals surface area contributed by atoms with Crippen molar-refractivity contribution >= 4 is 0 Å². The van der Waals surface area contributed by atoms with Crippen molar-refractivity contribution in [2.24, 2.45) is 0 Å². The summed E-state index contributed by atoms with van der Waals surface area (Å²) in [6.45, 7) is 0. The zero-order chi connectivity index (χ0) is 0. The SMILES string of the molecule is [Rf].[Rf].[Rf].[Rf].[Rf].[Rf].[Rf].[Rf].[Rf].[Rf].[Rf].[Rf].[Rf].[Rf].[Rf]. The van der Waals surface area contributed by atoms with Gasteiger partial charge in [-0.15, -0.1) is 0 Å². The van der Waals surface area contributed by atoms with Gasteiger partial charge in [0.1, 0.15) is 0 Å². The topological polar surface area (TPSA) is 0 Å². The van der Waals surface area contributed by atoms with Crippen LogP contribution in [-0.2, 0) is 0 Å². The fourth-order valence-electron chi connectivity index (χ4n) is 0. The van der Waals surface area contributed by atoms with Crippen molar-refractivity contribution in [1.82, 2.24) is 0 Å². The molecule has 0 unspecified atom stereocenters. The van der Waals surface area contributed by atoms with E-state index in [1.807, 2.05) is 0 Å². The summed E-state index contributed by atoms with van der Waals surface area (Å²) in [5, 5.41) is 0. The molecule has 15 heteroatoms. The molecule has 0 atom stereocenters. The second-order valence-corrected chi connectivity index (χ2v) is 0. The first-order valence-corrected chi connectivity index (χ1v) is 0. The van der Waals surface area contributed by atoms with Crippen LogP contribution in [-0.4, -0.2) is 0 Å². The van der Waals surface area contributed by atoms with Crippen LogP contribution in [0.25, 0.3) is 0 Å². The maximum atomic E-state index is 0. The van der Waals surface area contributed by atoms with Crippen molar-refractivity contribution in [3.05, 3.63) is 0 Å². The Bertz CT molecular complexity index is 0. The minimum atomic E-state index is 0. The number of hydrogen-bond donors (Lipinski definition) is 0. The second kappa shape index (κ2) is -0.0178. The van der Waals surface area contributed by atoms with Gasteiger partial charge in [-0.25, -0.2) is 0 Å². The Morgan fingerprint density at radius 2 is 0.0667 bits per heavy atom. The van der Waals surface area contributed by atoms with Gasteiger partial charge in [-0.05, 0) is 0 Å². The van der Waals surface area contributed by atoms with Crippen molar-refractivity contribution in [1.29, 1.82) is 0 Å². The van der Waals surface area contributed by atoms with Crippen molar-refractivity contribution in [3.63, 3.8) is 0 Å². The normalized spacial score (nSPS) is 0. The minimum absolute atomic E-state index is 0. The van der Waals surface area contributed by atoms with Gasteiger partial charge in [-0.2, -0.15) is 0 Å². The van der Waals surface area contributed by atoms with Crippen molar-refractivity contribution < 1.29 is 0 Å². The molecule has 0 rings (SSSR count). The molecule has 0 aliphatic rings. The van der Waals surface area contributed by atoms with Gasteiger partial charge in [0.25, 0.3) is 0 Å². The quantitative estimate of drug-likeness (QED) is 0.321. The molecule has 15 heavy (non-hydrogen) atoms. The Kier molecular flexibility index (Phi) is 0. The maximum absolute atomic E-state index is 0. The molecule has 0 radical (unpaired) electrons. The van der Waals surface area contributed by atoms with E-state index in [0.717, 1.165) is 0 Å². The molecule has 0 amide bonds. The van der Waals surface area contributed by atoms with Crippen LogP contribution in [0.15, 0.2) is 0 Å². The van der Waals surface area contributed by atoms with E-state index < -0.39 is 0 Å². The van der Waals surface area contributed by atoms with E-state index in [4.69, 9.17) is 0 Å². The average Bonchev–Trinajstić information content (AvgIpc) is 0. The third-order valence-electron chi connectivity index (χ3n) is 0. The molecule has 0 nitrogen and oxygen atoms in total. The standard InChI is InChI=1S/15Rf. The fraction of sp³-hybridized carbons (Fsp3) is 0. The first kappa shape index (κ1) is 0. The summed E-state index contributed by atoms with van der Waals surface area (Å²) >= 11 is 0. The van der Waals surface area contributed by atoms with Gasteiger partial charge < -0.3 is 0 Å². The van der Waals surface area contributed by atoms with Gasteiger partial charge in [0.05, 0.1) is 0 Å². The maximum Gasteiger partial charge on any atom is 0 e. The van der Waals surface area contributed by atoms with Gasteiger partial charge in [0, 0.05) is 0 Å². The third-order valence-corrected chi connectivity index (χ3v) is 0. The molecular formula is Rf15. The van der Waals surface area contributed by atoms with E-state index in [9.17, 15) is 0 Å². The molecule has 0 spiro atoms. The van der Waals surface area contributed by atoms with Gasteiger partial charge in [-0.1, -0.05) is 0 Å². The minimum Gasteiger partial charge on any atom is 0 e. The van der Waals surface area contributed by atoms with E-state index in [0.29, 0.717) is 0 Å². The van der Waals surface area contributed by atoms with Crippen LogP contribution >= 0.6 is 0 Å². The Hall–Kier alpha value is -15.0. The molecule has 0 fully saturated rings. The summed E-state index contributed by atoms with van der Waals surface area (Å²) in [6.07, 6.45) is 0. The average molecular weight is 4000 g/mol. The Morgan fingerprint density at radius 1 is 0.0667 bits per heavy atom. The fourth-order valence-corrected chi connectivity index (χ4v) is 0. The molecule has 0 saturated heterocycles. The van der Waals surface area contributed by atoms with Crippen molar-refractivity contribution in [2.45, 2.75) is 0 Å². The largest absolute Gasteiger partial charge is 0 e. The van der Waals surface area contributed by atoms with Crippen LogP contribution in [0.4, 0.5) is 0 Å². The monoisotopic (exact) mass is 4010 g/mol. The Morgan fingerprint density at radius 3 is 0.0667 bits per heavy atom. The Balaban J connectivity index is 0. The molecule has 0 aliphatic carbocycles. The van der Waals surface area contributed by atoms with E-state index in [-0.39, 0.29) is 0 Å². The summed E-state index contributed by atoms with van der Waals surface area (Å²) in [5.41, 5.74) is 0. The summed E-state index contributed by atoms with van der Waals surface area (Å²) in [4.78, 5) is 0. The Labute approximate surface area is 0 Å². The summed E-state index contributed by atoms with van der Waals surface area (Å²) in [5.74, 6) is 0. The molecule has 30 valence electrons. The molecule has 0 bridgehead atoms. The zero-order valence-electron chi connectivity index (χ0n) is 10.6. The molecule has 0 aromatic carbocycles. The predicted octanol–water partition coefficient (Wildman–Crippen LogP) is 0. The van der Waals surface area contributed by atoms with E-state index in [1.165, 1.54) is 0 Å². The molecular weight excluding hydrogens is 4000 g/mol. The zero-order valence-corrected chi connectivity index (χ0v) is 107. The molecule has 0 aromatic heterocycles. The van der Waals surface area contributed by atoms with Crippen molar-refractivity contribution in [2.75, 3.05) is 0 Å². The van der Waals surface area contributed by atoms with Crippen molar-refractivity contribution in [3.8, 4) is 0 Å². The molecule has 0 saturated carbocycles.